The van der Waals surface area contributed by atoms with Crippen LogP contribution in [-0.4, -0.2) is 35.8 Å². The molecule has 1 aliphatic heterocycles. The molecule has 0 spiro atoms. The molecule has 1 aliphatic rings. The third kappa shape index (κ3) is 4.43. The topological polar surface area (TPSA) is 64.4 Å². The quantitative estimate of drug-likeness (QED) is 0.832. The second-order valence-electron chi connectivity index (χ2n) is 8.30. The number of carbonyl (C=O) groups is 2. The van der Waals surface area contributed by atoms with Crippen molar-refractivity contribution < 1.29 is 9.59 Å². The maximum absolute atomic E-state index is 13.3. The molecule has 1 atom stereocenters. The molecule has 1 aromatic carbocycles. The molecule has 1 fully saturated rings. The third-order valence-corrected chi connectivity index (χ3v) is 4.71. The average molecular weight is 355 g/mol. The van der Waals surface area contributed by atoms with Crippen molar-refractivity contribution in [1.29, 1.82) is 5.26 Å². The number of benzene rings is 1. The molecule has 140 valence electrons. The lowest BCUT2D eigenvalue weighted by molar-refractivity contribution is -0.142. The molecule has 1 heterocycles. The van der Waals surface area contributed by atoms with E-state index in [0.717, 1.165) is 18.5 Å². The van der Waals surface area contributed by atoms with Gasteiger partial charge in [0.25, 0.3) is 0 Å². The minimum atomic E-state index is -0.441. The van der Waals surface area contributed by atoms with Gasteiger partial charge in [-0.2, -0.15) is 5.26 Å². The Balaban J connectivity index is 2.23. The Hall–Kier alpha value is -2.35. The maximum atomic E-state index is 13.3. The van der Waals surface area contributed by atoms with Crippen LogP contribution < -0.4 is 4.90 Å². The molecule has 26 heavy (non-hydrogen) atoms. The van der Waals surface area contributed by atoms with Gasteiger partial charge in [0.1, 0.15) is 0 Å². The number of nitrogens with zero attached hydrogens (tertiary/aromatic N) is 3. The van der Waals surface area contributed by atoms with Gasteiger partial charge in [0.15, 0.2) is 0 Å². The first kappa shape index (κ1) is 20.0. The summed E-state index contributed by atoms with van der Waals surface area (Å²) in [5.74, 6) is -0.0812. The molecule has 0 aliphatic carbocycles. The van der Waals surface area contributed by atoms with Crippen LogP contribution in [0.15, 0.2) is 24.3 Å². The fourth-order valence-corrected chi connectivity index (χ4v) is 3.44. The molecular weight excluding hydrogens is 326 g/mol. The van der Waals surface area contributed by atoms with Crippen molar-refractivity contribution in [2.75, 3.05) is 18.0 Å². The highest BCUT2D eigenvalue weighted by molar-refractivity contribution is 5.96. The monoisotopic (exact) mass is 355 g/mol. The first-order valence-electron chi connectivity index (χ1n) is 9.27. The summed E-state index contributed by atoms with van der Waals surface area (Å²) in [5.41, 5.74) is 0.835. The Morgan fingerprint density at radius 1 is 1.31 bits per heavy atom. The Labute approximate surface area is 156 Å². The van der Waals surface area contributed by atoms with Gasteiger partial charge in [0, 0.05) is 30.2 Å². The predicted octanol–water partition coefficient (Wildman–Crippen LogP) is 3.58. The summed E-state index contributed by atoms with van der Waals surface area (Å²) in [6.07, 6.45) is 1.62. The molecule has 2 rings (SSSR count). The van der Waals surface area contributed by atoms with Crippen molar-refractivity contribution in [3.8, 4) is 6.07 Å². The molecule has 1 saturated heterocycles. The molecule has 0 N–H and O–H groups in total. The molecule has 0 bridgehead atoms. The SMILES string of the molecule is CC(C)N(C(=O)C1CCCN(C(=O)C(C)(C)C)C1)c1cccc(C#N)c1. The van der Waals surface area contributed by atoms with E-state index in [4.69, 9.17) is 5.26 Å². The lowest BCUT2D eigenvalue weighted by Crippen LogP contribution is -2.50. The summed E-state index contributed by atoms with van der Waals surface area (Å²) < 4.78 is 0. The molecule has 5 nitrogen and oxygen atoms in total. The third-order valence-electron chi connectivity index (χ3n) is 4.71. The minimum Gasteiger partial charge on any atom is -0.341 e. The first-order valence-corrected chi connectivity index (χ1v) is 9.27. The van der Waals surface area contributed by atoms with Gasteiger partial charge in [-0.25, -0.2) is 0 Å². The Bertz CT molecular complexity index is 713. The largest absolute Gasteiger partial charge is 0.341 e. The number of carbonyl (C=O) groups excluding carboxylic acids is 2. The zero-order valence-corrected chi connectivity index (χ0v) is 16.5. The first-order chi connectivity index (χ1) is 12.1. The van der Waals surface area contributed by atoms with Crippen molar-refractivity contribution in [2.45, 2.75) is 53.5 Å². The highest BCUT2D eigenvalue weighted by atomic mass is 16.2. The Kier molecular flexibility index (Phi) is 6.07. The Morgan fingerprint density at radius 3 is 2.58 bits per heavy atom. The predicted molar refractivity (Wildman–Crippen MR) is 103 cm³/mol. The number of hydrogen-bond donors (Lipinski definition) is 0. The fraction of sp³-hybridized carbons (Fsp3) is 0.571. The number of hydrogen-bond acceptors (Lipinski definition) is 3. The van der Waals surface area contributed by atoms with E-state index in [1.54, 1.807) is 23.1 Å². The van der Waals surface area contributed by atoms with Gasteiger partial charge in [-0.15, -0.1) is 0 Å². The van der Waals surface area contributed by atoms with Gasteiger partial charge in [0.2, 0.25) is 11.8 Å². The number of likely N-dealkylation sites (tertiary alicyclic amines) is 1. The fourth-order valence-electron chi connectivity index (χ4n) is 3.44. The number of rotatable bonds is 3. The summed E-state index contributed by atoms with van der Waals surface area (Å²) in [5, 5.41) is 9.14. The van der Waals surface area contributed by atoms with Crippen LogP contribution in [0.1, 0.15) is 53.0 Å². The van der Waals surface area contributed by atoms with Gasteiger partial charge in [0.05, 0.1) is 17.6 Å². The van der Waals surface area contributed by atoms with Crippen LogP contribution in [0.5, 0.6) is 0 Å². The van der Waals surface area contributed by atoms with E-state index in [1.807, 2.05) is 45.6 Å². The summed E-state index contributed by atoms with van der Waals surface area (Å²) in [6.45, 7) is 10.9. The van der Waals surface area contributed by atoms with Crippen LogP contribution >= 0.6 is 0 Å². The zero-order valence-electron chi connectivity index (χ0n) is 16.5. The van der Waals surface area contributed by atoms with E-state index in [2.05, 4.69) is 6.07 Å². The number of amides is 2. The van der Waals surface area contributed by atoms with Crippen molar-refractivity contribution >= 4 is 17.5 Å². The molecule has 0 aromatic heterocycles. The van der Waals surface area contributed by atoms with Crippen molar-refractivity contribution in [2.24, 2.45) is 11.3 Å². The van der Waals surface area contributed by atoms with Crippen LogP contribution in [0.4, 0.5) is 5.69 Å². The van der Waals surface area contributed by atoms with Crippen LogP contribution in [0.3, 0.4) is 0 Å². The normalized spacial score (nSPS) is 17.7. The second-order valence-corrected chi connectivity index (χ2v) is 8.30. The Morgan fingerprint density at radius 2 is 2.00 bits per heavy atom. The van der Waals surface area contributed by atoms with Gasteiger partial charge in [-0.1, -0.05) is 26.8 Å². The summed E-state index contributed by atoms with van der Waals surface area (Å²) >= 11 is 0. The second kappa shape index (κ2) is 7.90. The molecular formula is C21H29N3O2. The van der Waals surface area contributed by atoms with Crippen molar-refractivity contribution in [3.05, 3.63) is 29.8 Å². The van der Waals surface area contributed by atoms with E-state index in [9.17, 15) is 9.59 Å². The van der Waals surface area contributed by atoms with Gasteiger partial charge in [-0.05, 0) is 44.9 Å². The van der Waals surface area contributed by atoms with E-state index in [1.165, 1.54) is 0 Å². The molecule has 0 radical (unpaired) electrons. The number of nitriles is 1. The van der Waals surface area contributed by atoms with Crippen LogP contribution in [0, 0.1) is 22.7 Å². The van der Waals surface area contributed by atoms with E-state index in [0.29, 0.717) is 18.7 Å². The average Bonchev–Trinajstić information content (AvgIpc) is 2.60. The van der Waals surface area contributed by atoms with Crippen LogP contribution in [0.2, 0.25) is 0 Å². The zero-order chi connectivity index (χ0) is 19.5. The van der Waals surface area contributed by atoms with Gasteiger partial charge in [-0.3, -0.25) is 9.59 Å². The number of anilines is 1. The molecule has 1 aromatic rings. The standard InChI is InChI=1S/C21H29N3O2/c1-15(2)24(18-10-6-8-16(12-18)13-22)19(25)17-9-7-11-23(14-17)20(26)21(3,4)5/h6,8,10,12,15,17H,7,9,11,14H2,1-5H3. The van der Waals surface area contributed by atoms with Crippen molar-refractivity contribution in [3.63, 3.8) is 0 Å². The molecule has 5 heteroatoms. The summed E-state index contributed by atoms with van der Waals surface area (Å²) in [4.78, 5) is 29.5. The minimum absolute atomic E-state index is 0.0230. The van der Waals surface area contributed by atoms with E-state index < -0.39 is 5.41 Å². The van der Waals surface area contributed by atoms with Crippen molar-refractivity contribution in [1.82, 2.24) is 4.90 Å². The highest BCUT2D eigenvalue weighted by Gasteiger charge is 2.35. The lowest BCUT2D eigenvalue weighted by atomic mass is 9.90. The van der Waals surface area contributed by atoms with E-state index >= 15 is 0 Å². The number of piperidine rings is 1. The summed E-state index contributed by atoms with van der Waals surface area (Å²) in [6, 6.07) is 9.25. The van der Waals surface area contributed by atoms with Gasteiger partial charge < -0.3 is 9.80 Å². The molecule has 1 unspecified atom stereocenters. The van der Waals surface area contributed by atoms with Crippen LogP contribution in [-0.2, 0) is 9.59 Å². The van der Waals surface area contributed by atoms with Crippen LogP contribution in [0.25, 0.3) is 0 Å². The molecule has 0 saturated carbocycles. The molecule has 2 amide bonds. The highest BCUT2D eigenvalue weighted by Crippen LogP contribution is 2.27. The summed E-state index contributed by atoms with van der Waals surface area (Å²) in [7, 11) is 0. The van der Waals surface area contributed by atoms with E-state index in [-0.39, 0.29) is 23.8 Å². The maximum Gasteiger partial charge on any atom is 0.232 e. The smallest absolute Gasteiger partial charge is 0.232 e. The lowest BCUT2D eigenvalue weighted by Gasteiger charge is -2.38. The van der Waals surface area contributed by atoms with Gasteiger partial charge >= 0.3 is 0 Å².